The van der Waals surface area contributed by atoms with Crippen LogP contribution in [0.2, 0.25) is 0 Å². The maximum absolute atomic E-state index is 11.5. The number of rotatable bonds is 6. The first-order valence-electron chi connectivity index (χ1n) is 6.70. The van der Waals surface area contributed by atoms with E-state index in [1.54, 1.807) is 0 Å². The summed E-state index contributed by atoms with van der Waals surface area (Å²) in [5, 5.41) is 12.4. The average Bonchev–Trinajstić information content (AvgIpc) is 3.01. The van der Waals surface area contributed by atoms with Gasteiger partial charge in [-0.2, -0.15) is 0 Å². The molecule has 2 aliphatic carbocycles. The zero-order valence-corrected chi connectivity index (χ0v) is 9.95. The molecule has 2 fully saturated rings. The number of hydrogen-bond acceptors (Lipinski definition) is 2. The summed E-state index contributed by atoms with van der Waals surface area (Å²) in [5.41, 5.74) is 0. The van der Waals surface area contributed by atoms with Gasteiger partial charge >= 0.3 is 0 Å². The quantitative estimate of drug-likeness (QED) is 0.724. The van der Waals surface area contributed by atoms with E-state index in [9.17, 15) is 9.90 Å². The molecule has 0 saturated heterocycles. The van der Waals surface area contributed by atoms with Gasteiger partial charge in [-0.1, -0.05) is 25.7 Å². The number of aliphatic hydroxyl groups is 1. The molecular weight excluding hydrogens is 202 g/mol. The molecule has 0 aliphatic heterocycles. The van der Waals surface area contributed by atoms with Crippen LogP contribution in [0.5, 0.6) is 0 Å². The summed E-state index contributed by atoms with van der Waals surface area (Å²) < 4.78 is 0. The average molecular weight is 225 g/mol. The predicted octanol–water partition coefficient (Wildman–Crippen LogP) is 1.84. The molecule has 2 rings (SSSR count). The maximum atomic E-state index is 11.5. The third kappa shape index (κ3) is 3.78. The van der Waals surface area contributed by atoms with Crippen molar-refractivity contribution < 1.29 is 9.90 Å². The van der Waals surface area contributed by atoms with Gasteiger partial charge in [0.15, 0.2) is 0 Å². The molecule has 0 aromatic carbocycles. The Morgan fingerprint density at radius 1 is 1.25 bits per heavy atom. The molecule has 0 spiro atoms. The molecule has 92 valence electrons. The van der Waals surface area contributed by atoms with Crippen LogP contribution in [0, 0.1) is 11.8 Å². The van der Waals surface area contributed by atoms with Crippen LogP contribution >= 0.6 is 0 Å². The van der Waals surface area contributed by atoms with Crippen molar-refractivity contribution in [1.29, 1.82) is 0 Å². The Kier molecular flexibility index (Phi) is 4.22. The van der Waals surface area contributed by atoms with Gasteiger partial charge in [0.05, 0.1) is 6.10 Å². The molecule has 1 atom stereocenters. The lowest BCUT2D eigenvalue weighted by Gasteiger charge is -2.12. The molecule has 0 heterocycles. The molecule has 0 radical (unpaired) electrons. The SMILES string of the molecule is O=C(CCC1CCCC1)NCC(O)C1CC1. The van der Waals surface area contributed by atoms with E-state index in [0.717, 1.165) is 25.2 Å². The van der Waals surface area contributed by atoms with Crippen molar-refractivity contribution >= 4 is 5.91 Å². The second-order valence-corrected chi connectivity index (χ2v) is 5.40. The Balaban J connectivity index is 1.53. The Bertz CT molecular complexity index is 224. The Morgan fingerprint density at radius 2 is 1.94 bits per heavy atom. The first-order valence-corrected chi connectivity index (χ1v) is 6.70. The summed E-state index contributed by atoms with van der Waals surface area (Å²) in [7, 11) is 0. The van der Waals surface area contributed by atoms with Gasteiger partial charge in [0.2, 0.25) is 5.91 Å². The van der Waals surface area contributed by atoms with Gasteiger partial charge in [0, 0.05) is 13.0 Å². The summed E-state index contributed by atoms with van der Waals surface area (Å²) in [6, 6.07) is 0. The van der Waals surface area contributed by atoms with Crippen LogP contribution in [0.1, 0.15) is 51.4 Å². The van der Waals surface area contributed by atoms with E-state index in [1.807, 2.05) is 0 Å². The van der Waals surface area contributed by atoms with Crippen LogP contribution in [-0.4, -0.2) is 23.7 Å². The molecule has 2 saturated carbocycles. The Hall–Kier alpha value is -0.570. The van der Waals surface area contributed by atoms with Crippen molar-refractivity contribution in [2.24, 2.45) is 11.8 Å². The van der Waals surface area contributed by atoms with Crippen molar-refractivity contribution in [3.8, 4) is 0 Å². The zero-order valence-electron chi connectivity index (χ0n) is 9.95. The van der Waals surface area contributed by atoms with Crippen molar-refractivity contribution in [1.82, 2.24) is 5.32 Å². The van der Waals surface area contributed by atoms with Crippen molar-refractivity contribution in [3.05, 3.63) is 0 Å². The first kappa shape index (κ1) is 11.9. The first-order chi connectivity index (χ1) is 7.75. The zero-order chi connectivity index (χ0) is 11.4. The van der Waals surface area contributed by atoms with Gasteiger partial charge in [0.25, 0.3) is 0 Å². The molecular formula is C13H23NO2. The lowest BCUT2D eigenvalue weighted by Crippen LogP contribution is -2.33. The van der Waals surface area contributed by atoms with Gasteiger partial charge < -0.3 is 10.4 Å². The number of carbonyl (C=O) groups is 1. The molecule has 0 aromatic heterocycles. The molecule has 2 aliphatic rings. The van der Waals surface area contributed by atoms with Gasteiger partial charge in [-0.05, 0) is 31.1 Å². The fourth-order valence-electron chi connectivity index (χ4n) is 2.59. The van der Waals surface area contributed by atoms with Crippen LogP contribution in [0.25, 0.3) is 0 Å². The molecule has 0 aromatic rings. The Labute approximate surface area is 97.6 Å². The summed E-state index contributed by atoms with van der Waals surface area (Å²) in [6.45, 7) is 0.453. The van der Waals surface area contributed by atoms with E-state index in [4.69, 9.17) is 0 Å². The van der Waals surface area contributed by atoms with E-state index < -0.39 is 0 Å². The molecule has 3 heteroatoms. The largest absolute Gasteiger partial charge is 0.391 e. The van der Waals surface area contributed by atoms with Gasteiger partial charge in [-0.25, -0.2) is 0 Å². The summed E-state index contributed by atoms with van der Waals surface area (Å²) in [6.07, 6.45) is 8.90. The number of amides is 1. The summed E-state index contributed by atoms with van der Waals surface area (Å²) in [4.78, 5) is 11.5. The maximum Gasteiger partial charge on any atom is 0.220 e. The highest BCUT2D eigenvalue weighted by molar-refractivity contribution is 5.75. The molecule has 2 N–H and O–H groups in total. The van der Waals surface area contributed by atoms with Crippen LogP contribution in [-0.2, 0) is 4.79 Å². The minimum Gasteiger partial charge on any atom is -0.391 e. The van der Waals surface area contributed by atoms with Crippen LogP contribution in [0.3, 0.4) is 0 Å². The topological polar surface area (TPSA) is 49.3 Å². The van der Waals surface area contributed by atoms with E-state index in [-0.39, 0.29) is 12.0 Å². The Morgan fingerprint density at radius 3 is 2.56 bits per heavy atom. The second-order valence-electron chi connectivity index (χ2n) is 5.40. The minimum atomic E-state index is -0.310. The minimum absolute atomic E-state index is 0.117. The third-order valence-corrected chi connectivity index (χ3v) is 3.93. The third-order valence-electron chi connectivity index (χ3n) is 3.93. The molecule has 3 nitrogen and oxygen atoms in total. The number of aliphatic hydroxyl groups excluding tert-OH is 1. The molecule has 1 unspecified atom stereocenters. The second kappa shape index (κ2) is 5.67. The van der Waals surface area contributed by atoms with Gasteiger partial charge in [-0.15, -0.1) is 0 Å². The van der Waals surface area contributed by atoms with Gasteiger partial charge in [0.1, 0.15) is 0 Å². The van der Waals surface area contributed by atoms with E-state index in [0.29, 0.717) is 18.9 Å². The van der Waals surface area contributed by atoms with E-state index >= 15 is 0 Å². The number of hydrogen-bond donors (Lipinski definition) is 2. The van der Waals surface area contributed by atoms with Crippen molar-refractivity contribution in [3.63, 3.8) is 0 Å². The highest BCUT2D eigenvalue weighted by Gasteiger charge is 2.29. The highest BCUT2D eigenvalue weighted by Crippen LogP contribution is 2.32. The number of carbonyl (C=O) groups excluding carboxylic acids is 1. The molecule has 0 bridgehead atoms. The molecule has 1 amide bonds. The normalized spacial score (nSPS) is 23.3. The smallest absolute Gasteiger partial charge is 0.220 e. The highest BCUT2D eigenvalue weighted by atomic mass is 16.3. The number of nitrogens with one attached hydrogen (secondary N) is 1. The van der Waals surface area contributed by atoms with Gasteiger partial charge in [-0.3, -0.25) is 4.79 Å². The van der Waals surface area contributed by atoms with E-state index in [2.05, 4.69) is 5.32 Å². The standard InChI is InChI=1S/C13H23NO2/c15-12(11-6-7-11)9-14-13(16)8-5-10-3-1-2-4-10/h10-12,15H,1-9H2,(H,14,16). The van der Waals surface area contributed by atoms with Crippen LogP contribution in [0.15, 0.2) is 0 Å². The lowest BCUT2D eigenvalue weighted by molar-refractivity contribution is -0.121. The van der Waals surface area contributed by atoms with E-state index in [1.165, 1.54) is 25.7 Å². The summed E-state index contributed by atoms with van der Waals surface area (Å²) >= 11 is 0. The fourth-order valence-corrected chi connectivity index (χ4v) is 2.59. The lowest BCUT2D eigenvalue weighted by atomic mass is 10.0. The fraction of sp³-hybridized carbons (Fsp3) is 0.923. The van der Waals surface area contributed by atoms with Crippen molar-refractivity contribution in [2.45, 2.75) is 57.5 Å². The monoisotopic (exact) mass is 225 g/mol. The predicted molar refractivity (Wildman–Crippen MR) is 62.9 cm³/mol. The van der Waals surface area contributed by atoms with Crippen LogP contribution in [0.4, 0.5) is 0 Å². The summed E-state index contributed by atoms with van der Waals surface area (Å²) in [5.74, 6) is 1.35. The van der Waals surface area contributed by atoms with Crippen molar-refractivity contribution in [2.75, 3.05) is 6.54 Å². The van der Waals surface area contributed by atoms with Crippen LogP contribution < -0.4 is 5.32 Å². The molecule has 16 heavy (non-hydrogen) atoms.